The summed E-state index contributed by atoms with van der Waals surface area (Å²) < 4.78 is 0. The predicted molar refractivity (Wildman–Crippen MR) is 68.7 cm³/mol. The third-order valence-electron chi connectivity index (χ3n) is 4.25. The van der Waals surface area contributed by atoms with Gasteiger partial charge in [0.2, 0.25) is 0 Å². The molecule has 0 spiro atoms. The first kappa shape index (κ1) is 12.3. The lowest BCUT2D eigenvalue weighted by Crippen LogP contribution is -2.43. The van der Waals surface area contributed by atoms with Crippen molar-refractivity contribution in [2.45, 2.75) is 31.7 Å². The van der Waals surface area contributed by atoms with Crippen LogP contribution in [0.25, 0.3) is 0 Å². The molecule has 2 aliphatic heterocycles. The van der Waals surface area contributed by atoms with E-state index in [-0.39, 0.29) is 0 Å². The van der Waals surface area contributed by atoms with Crippen LogP contribution in [0, 0.1) is 5.92 Å². The Morgan fingerprint density at radius 1 is 0.875 bits per heavy atom. The minimum absolute atomic E-state index is 0.788. The largest absolute Gasteiger partial charge is 0.314 e. The molecular weight excluding hydrogens is 198 g/mol. The SMILES string of the molecule is CN1CCC(CNC2CCN(C)CC2)CC1. The van der Waals surface area contributed by atoms with E-state index in [1.165, 1.54) is 58.4 Å². The summed E-state index contributed by atoms with van der Waals surface area (Å²) in [5.74, 6) is 0.927. The third kappa shape index (κ3) is 3.72. The molecular formula is C13H27N3. The van der Waals surface area contributed by atoms with Gasteiger partial charge >= 0.3 is 0 Å². The third-order valence-corrected chi connectivity index (χ3v) is 4.25. The summed E-state index contributed by atoms with van der Waals surface area (Å²) in [4.78, 5) is 4.89. The maximum atomic E-state index is 3.78. The maximum Gasteiger partial charge on any atom is 0.00915 e. The van der Waals surface area contributed by atoms with E-state index >= 15 is 0 Å². The number of hydrogen-bond donors (Lipinski definition) is 1. The smallest absolute Gasteiger partial charge is 0.00915 e. The van der Waals surface area contributed by atoms with E-state index < -0.39 is 0 Å². The van der Waals surface area contributed by atoms with Crippen LogP contribution in [0.5, 0.6) is 0 Å². The van der Waals surface area contributed by atoms with Crippen LogP contribution in [0.3, 0.4) is 0 Å². The summed E-state index contributed by atoms with van der Waals surface area (Å²) in [5, 5.41) is 3.78. The molecule has 0 bridgehead atoms. The van der Waals surface area contributed by atoms with Gasteiger partial charge in [0.15, 0.2) is 0 Å². The zero-order valence-electron chi connectivity index (χ0n) is 10.9. The Labute approximate surface area is 100 Å². The fourth-order valence-corrected chi connectivity index (χ4v) is 2.81. The van der Waals surface area contributed by atoms with Gasteiger partial charge in [-0.3, -0.25) is 0 Å². The molecule has 2 aliphatic rings. The van der Waals surface area contributed by atoms with Gasteiger partial charge in [-0.25, -0.2) is 0 Å². The first-order valence-electron chi connectivity index (χ1n) is 6.84. The van der Waals surface area contributed by atoms with Crippen molar-refractivity contribution in [2.75, 3.05) is 46.8 Å². The Hall–Kier alpha value is -0.120. The number of nitrogens with zero attached hydrogens (tertiary/aromatic N) is 2. The van der Waals surface area contributed by atoms with Gasteiger partial charge in [-0.05, 0) is 78.4 Å². The lowest BCUT2D eigenvalue weighted by atomic mass is 9.96. The topological polar surface area (TPSA) is 18.5 Å². The summed E-state index contributed by atoms with van der Waals surface area (Å²) >= 11 is 0. The summed E-state index contributed by atoms with van der Waals surface area (Å²) in [6.07, 6.45) is 5.44. The van der Waals surface area contributed by atoms with Gasteiger partial charge in [-0.2, -0.15) is 0 Å². The lowest BCUT2D eigenvalue weighted by Gasteiger charge is -2.33. The Balaban J connectivity index is 1.60. The Morgan fingerprint density at radius 2 is 1.38 bits per heavy atom. The minimum atomic E-state index is 0.788. The zero-order chi connectivity index (χ0) is 11.4. The molecule has 2 heterocycles. The molecule has 0 saturated carbocycles. The van der Waals surface area contributed by atoms with Gasteiger partial charge in [-0.15, -0.1) is 0 Å². The van der Waals surface area contributed by atoms with E-state index in [4.69, 9.17) is 0 Å². The molecule has 0 aromatic rings. The van der Waals surface area contributed by atoms with Crippen molar-refractivity contribution in [1.82, 2.24) is 15.1 Å². The number of rotatable bonds is 3. The summed E-state index contributed by atoms with van der Waals surface area (Å²) in [6.45, 7) is 6.37. The number of likely N-dealkylation sites (tertiary alicyclic amines) is 2. The van der Waals surface area contributed by atoms with Crippen molar-refractivity contribution in [1.29, 1.82) is 0 Å². The van der Waals surface area contributed by atoms with Gasteiger partial charge in [0.05, 0.1) is 0 Å². The highest BCUT2D eigenvalue weighted by molar-refractivity contribution is 4.78. The normalized spacial score (nSPS) is 27.4. The van der Waals surface area contributed by atoms with Crippen LogP contribution in [0.1, 0.15) is 25.7 Å². The van der Waals surface area contributed by atoms with E-state index in [9.17, 15) is 0 Å². The quantitative estimate of drug-likeness (QED) is 0.773. The van der Waals surface area contributed by atoms with Crippen LogP contribution in [0.4, 0.5) is 0 Å². The van der Waals surface area contributed by atoms with Gasteiger partial charge in [-0.1, -0.05) is 0 Å². The highest BCUT2D eigenvalue weighted by atomic mass is 15.1. The van der Waals surface area contributed by atoms with E-state index in [1.54, 1.807) is 0 Å². The van der Waals surface area contributed by atoms with Crippen molar-refractivity contribution >= 4 is 0 Å². The summed E-state index contributed by atoms with van der Waals surface area (Å²) in [5.41, 5.74) is 0. The van der Waals surface area contributed by atoms with Crippen LogP contribution in [-0.4, -0.2) is 62.7 Å². The number of hydrogen-bond acceptors (Lipinski definition) is 3. The molecule has 0 amide bonds. The van der Waals surface area contributed by atoms with E-state index in [2.05, 4.69) is 29.2 Å². The molecule has 0 atom stereocenters. The monoisotopic (exact) mass is 225 g/mol. The zero-order valence-corrected chi connectivity index (χ0v) is 10.9. The molecule has 16 heavy (non-hydrogen) atoms. The maximum absolute atomic E-state index is 3.78. The molecule has 2 fully saturated rings. The van der Waals surface area contributed by atoms with Gasteiger partial charge in [0, 0.05) is 6.04 Å². The molecule has 0 aliphatic carbocycles. The standard InChI is InChI=1S/C13H27N3/c1-15-7-3-12(4-8-15)11-14-13-5-9-16(2)10-6-13/h12-14H,3-11H2,1-2H3. The summed E-state index contributed by atoms with van der Waals surface area (Å²) in [6, 6.07) is 0.788. The van der Waals surface area contributed by atoms with Crippen molar-refractivity contribution in [3.63, 3.8) is 0 Å². The van der Waals surface area contributed by atoms with Crippen LogP contribution >= 0.6 is 0 Å². The van der Waals surface area contributed by atoms with Crippen LogP contribution < -0.4 is 5.32 Å². The van der Waals surface area contributed by atoms with Crippen LogP contribution in [0.15, 0.2) is 0 Å². The van der Waals surface area contributed by atoms with Gasteiger partial charge < -0.3 is 15.1 Å². The first-order valence-corrected chi connectivity index (χ1v) is 6.84. The highest BCUT2D eigenvalue weighted by Crippen LogP contribution is 2.16. The fourth-order valence-electron chi connectivity index (χ4n) is 2.81. The second-order valence-electron chi connectivity index (χ2n) is 5.73. The van der Waals surface area contributed by atoms with Crippen molar-refractivity contribution in [3.8, 4) is 0 Å². The average molecular weight is 225 g/mol. The molecule has 94 valence electrons. The van der Waals surface area contributed by atoms with E-state index in [0.717, 1.165) is 12.0 Å². The minimum Gasteiger partial charge on any atom is -0.314 e. The van der Waals surface area contributed by atoms with Crippen molar-refractivity contribution in [3.05, 3.63) is 0 Å². The Bertz CT molecular complexity index is 169. The highest BCUT2D eigenvalue weighted by Gasteiger charge is 2.20. The molecule has 1 N–H and O–H groups in total. The molecule has 2 saturated heterocycles. The van der Waals surface area contributed by atoms with E-state index in [0.29, 0.717) is 0 Å². The molecule has 0 radical (unpaired) electrons. The molecule has 0 aromatic heterocycles. The number of piperidine rings is 2. The second-order valence-corrected chi connectivity index (χ2v) is 5.73. The Morgan fingerprint density at radius 3 is 1.94 bits per heavy atom. The van der Waals surface area contributed by atoms with E-state index in [1.807, 2.05) is 0 Å². The van der Waals surface area contributed by atoms with Crippen molar-refractivity contribution < 1.29 is 0 Å². The molecule has 0 aromatic carbocycles. The fraction of sp³-hybridized carbons (Fsp3) is 1.00. The van der Waals surface area contributed by atoms with Crippen LogP contribution in [-0.2, 0) is 0 Å². The summed E-state index contributed by atoms with van der Waals surface area (Å²) in [7, 11) is 4.47. The van der Waals surface area contributed by atoms with Gasteiger partial charge in [0.1, 0.15) is 0 Å². The number of nitrogens with one attached hydrogen (secondary N) is 1. The lowest BCUT2D eigenvalue weighted by molar-refractivity contribution is 0.195. The Kier molecular flexibility index (Phi) is 4.62. The second kappa shape index (κ2) is 5.99. The molecule has 3 heteroatoms. The predicted octanol–water partition coefficient (Wildman–Crippen LogP) is 1.01. The molecule has 2 rings (SSSR count). The van der Waals surface area contributed by atoms with Crippen molar-refractivity contribution in [2.24, 2.45) is 5.92 Å². The van der Waals surface area contributed by atoms with Crippen LogP contribution in [0.2, 0.25) is 0 Å². The average Bonchev–Trinajstić information content (AvgIpc) is 2.30. The first-order chi connectivity index (χ1) is 7.74. The molecule has 3 nitrogen and oxygen atoms in total. The molecule has 0 unspecified atom stereocenters. The van der Waals surface area contributed by atoms with Gasteiger partial charge in [0.25, 0.3) is 0 Å².